The second-order valence-electron chi connectivity index (χ2n) is 7.93. The monoisotopic (exact) mass is 493 g/mol. The van der Waals surface area contributed by atoms with Crippen LogP contribution in [-0.4, -0.2) is 31.4 Å². The van der Waals surface area contributed by atoms with Crippen LogP contribution >= 0.6 is 11.3 Å². The summed E-state index contributed by atoms with van der Waals surface area (Å²) in [6.45, 7) is 5.71. The van der Waals surface area contributed by atoms with E-state index in [1.165, 1.54) is 23.0 Å². The van der Waals surface area contributed by atoms with Gasteiger partial charge in [-0.25, -0.2) is 9.79 Å². The number of nitrogens with one attached hydrogen (secondary N) is 1. The van der Waals surface area contributed by atoms with Gasteiger partial charge in [-0.15, -0.1) is 0 Å². The second kappa shape index (κ2) is 10.2. The highest BCUT2D eigenvalue weighted by molar-refractivity contribution is 7.07. The Kier molecular flexibility index (Phi) is 7.07. The van der Waals surface area contributed by atoms with Gasteiger partial charge in [-0.05, 0) is 50.6 Å². The minimum absolute atomic E-state index is 0.207. The molecule has 3 aromatic rings. The molecule has 1 aliphatic rings. The summed E-state index contributed by atoms with van der Waals surface area (Å²) in [5, 5.41) is 3.18. The molecule has 0 saturated carbocycles. The Morgan fingerprint density at radius 1 is 1.11 bits per heavy atom. The van der Waals surface area contributed by atoms with Crippen molar-refractivity contribution >= 4 is 29.2 Å². The summed E-state index contributed by atoms with van der Waals surface area (Å²) in [7, 11) is 3.09. The van der Waals surface area contributed by atoms with Crippen LogP contribution in [0.5, 0.6) is 11.5 Å². The van der Waals surface area contributed by atoms with Crippen molar-refractivity contribution in [2.45, 2.75) is 26.8 Å². The van der Waals surface area contributed by atoms with Crippen LogP contribution in [0.25, 0.3) is 6.20 Å². The Labute approximate surface area is 206 Å². The summed E-state index contributed by atoms with van der Waals surface area (Å²) < 4.78 is 18.2. The molecule has 0 spiro atoms. The van der Waals surface area contributed by atoms with E-state index >= 15 is 0 Å². The number of hydrogen-bond donors (Lipinski definition) is 1. The van der Waals surface area contributed by atoms with Crippen LogP contribution in [0.2, 0.25) is 0 Å². The number of allylic oxidation sites excluding steroid dienone is 1. The highest BCUT2D eigenvalue weighted by atomic mass is 32.1. The smallest absolute Gasteiger partial charge is 0.338 e. The second-order valence-corrected chi connectivity index (χ2v) is 8.94. The number of benzene rings is 2. The van der Waals surface area contributed by atoms with Crippen molar-refractivity contribution in [1.82, 2.24) is 4.57 Å². The SMILES string of the molecule is CCOC(=O)C1=C(C)N=c2s/c(=C\Nc3ccc(C)cc3)c(=O)n2[C@H]1c1ccc(OC)c(OC)c1. The predicted molar refractivity (Wildman–Crippen MR) is 136 cm³/mol. The predicted octanol–water partition coefficient (Wildman–Crippen LogP) is 3.15. The maximum absolute atomic E-state index is 13.6. The molecule has 2 heterocycles. The van der Waals surface area contributed by atoms with Gasteiger partial charge in [0.15, 0.2) is 16.3 Å². The van der Waals surface area contributed by atoms with Gasteiger partial charge in [0.05, 0.1) is 38.1 Å². The number of ether oxygens (including phenoxy) is 3. The first kappa shape index (κ1) is 24.3. The number of methoxy groups -OCH3 is 2. The Balaban J connectivity index is 1.88. The molecule has 0 unspecified atom stereocenters. The molecular weight excluding hydrogens is 466 g/mol. The number of carbonyl (C=O) groups is 1. The maximum atomic E-state index is 13.6. The molecule has 35 heavy (non-hydrogen) atoms. The van der Waals surface area contributed by atoms with Gasteiger partial charge < -0.3 is 19.5 Å². The number of aromatic nitrogens is 1. The van der Waals surface area contributed by atoms with E-state index in [0.29, 0.717) is 37.7 Å². The van der Waals surface area contributed by atoms with Crippen LogP contribution in [-0.2, 0) is 9.53 Å². The maximum Gasteiger partial charge on any atom is 0.338 e. The number of anilines is 1. The summed E-state index contributed by atoms with van der Waals surface area (Å²) in [5.41, 5.74) is 3.24. The summed E-state index contributed by atoms with van der Waals surface area (Å²) in [6, 6.07) is 12.5. The molecule has 0 aliphatic carbocycles. The first-order valence-corrected chi connectivity index (χ1v) is 11.9. The average molecular weight is 494 g/mol. The largest absolute Gasteiger partial charge is 0.493 e. The van der Waals surface area contributed by atoms with Gasteiger partial charge in [0.1, 0.15) is 4.53 Å². The van der Waals surface area contributed by atoms with Gasteiger partial charge in [-0.2, -0.15) is 0 Å². The Morgan fingerprint density at radius 3 is 2.49 bits per heavy atom. The Hall–Kier alpha value is -3.85. The van der Waals surface area contributed by atoms with Crippen molar-refractivity contribution in [3.05, 3.63) is 84.5 Å². The van der Waals surface area contributed by atoms with Crippen molar-refractivity contribution in [3.8, 4) is 11.5 Å². The Morgan fingerprint density at radius 2 is 1.83 bits per heavy atom. The normalized spacial score (nSPS) is 15.3. The van der Waals surface area contributed by atoms with E-state index in [9.17, 15) is 9.59 Å². The number of hydrogen-bond acceptors (Lipinski definition) is 8. The molecule has 8 nitrogen and oxygen atoms in total. The standard InChI is InChI=1S/C26H27N3O5S/c1-6-34-25(31)22-16(3)28-26-29(23(22)17-9-12-19(32-4)20(13-17)33-5)24(30)21(35-26)14-27-18-10-7-15(2)8-11-18/h7-14,23,27H,6H2,1-5H3/b21-14-/t23-/m0/s1. The van der Waals surface area contributed by atoms with Crippen LogP contribution in [0.1, 0.15) is 31.0 Å². The average Bonchev–Trinajstić information content (AvgIpc) is 3.17. The quantitative estimate of drug-likeness (QED) is 0.509. The van der Waals surface area contributed by atoms with E-state index in [1.807, 2.05) is 37.3 Å². The molecule has 182 valence electrons. The summed E-state index contributed by atoms with van der Waals surface area (Å²) in [4.78, 5) is 31.7. The minimum Gasteiger partial charge on any atom is -0.493 e. The van der Waals surface area contributed by atoms with Crippen LogP contribution in [0.3, 0.4) is 0 Å². The molecule has 9 heteroatoms. The van der Waals surface area contributed by atoms with Crippen molar-refractivity contribution in [2.75, 3.05) is 26.1 Å². The fourth-order valence-corrected chi connectivity index (χ4v) is 4.90. The van der Waals surface area contributed by atoms with E-state index in [2.05, 4.69) is 10.3 Å². The van der Waals surface area contributed by atoms with Crippen LogP contribution in [0.4, 0.5) is 5.69 Å². The third-order valence-corrected chi connectivity index (χ3v) is 6.64. The first-order chi connectivity index (χ1) is 16.9. The molecule has 0 saturated heterocycles. The number of fused-ring (bicyclic) bond motifs is 1. The van der Waals surface area contributed by atoms with Crippen molar-refractivity contribution in [1.29, 1.82) is 0 Å². The fourth-order valence-electron chi connectivity index (χ4n) is 3.93. The molecule has 0 fully saturated rings. The van der Waals surface area contributed by atoms with Gasteiger partial charge in [0, 0.05) is 11.9 Å². The molecule has 1 aliphatic heterocycles. The third kappa shape index (κ3) is 4.72. The van der Waals surface area contributed by atoms with Crippen molar-refractivity contribution < 1.29 is 19.0 Å². The molecular formula is C26H27N3O5S. The number of rotatable bonds is 7. The molecule has 0 amide bonds. The molecule has 1 aromatic heterocycles. The molecule has 0 radical (unpaired) electrons. The van der Waals surface area contributed by atoms with E-state index in [4.69, 9.17) is 14.2 Å². The highest BCUT2D eigenvalue weighted by Gasteiger charge is 2.33. The van der Waals surface area contributed by atoms with E-state index in [0.717, 1.165) is 11.3 Å². The number of aryl methyl sites for hydroxylation is 1. The summed E-state index contributed by atoms with van der Waals surface area (Å²) in [6.07, 6.45) is 1.67. The summed E-state index contributed by atoms with van der Waals surface area (Å²) in [5.74, 6) is 0.524. The highest BCUT2D eigenvalue weighted by Crippen LogP contribution is 2.36. The molecule has 2 aromatic carbocycles. The Bertz CT molecular complexity index is 1470. The zero-order chi connectivity index (χ0) is 25.1. The number of esters is 1. The van der Waals surface area contributed by atoms with E-state index in [1.54, 1.807) is 39.3 Å². The zero-order valence-electron chi connectivity index (χ0n) is 20.2. The summed E-state index contributed by atoms with van der Waals surface area (Å²) >= 11 is 1.25. The lowest BCUT2D eigenvalue weighted by atomic mass is 9.95. The lowest BCUT2D eigenvalue weighted by molar-refractivity contribution is -0.139. The third-order valence-electron chi connectivity index (χ3n) is 5.66. The molecule has 4 rings (SSSR count). The van der Waals surface area contributed by atoms with Crippen LogP contribution in [0.15, 0.2) is 63.5 Å². The van der Waals surface area contributed by atoms with Crippen LogP contribution in [0, 0.1) is 6.92 Å². The number of nitrogens with zero attached hydrogens (tertiary/aromatic N) is 2. The van der Waals surface area contributed by atoms with E-state index in [-0.39, 0.29) is 12.2 Å². The van der Waals surface area contributed by atoms with Gasteiger partial charge in [0.2, 0.25) is 0 Å². The molecule has 1 N–H and O–H groups in total. The molecule has 1 atom stereocenters. The minimum atomic E-state index is -0.730. The molecule has 0 bridgehead atoms. The fraction of sp³-hybridized carbons (Fsp3) is 0.269. The van der Waals surface area contributed by atoms with Crippen molar-refractivity contribution in [3.63, 3.8) is 0 Å². The number of carbonyl (C=O) groups excluding carboxylic acids is 1. The number of thiazole rings is 1. The van der Waals surface area contributed by atoms with Crippen LogP contribution < -0.4 is 29.7 Å². The lowest BCUT2D eigenvalue weighted by Gasteiger charge is -2.25. The van der Waals surface area contributed by atoms with Gasteiger partial charge in [-0.1, -0.05) is 35.1 Å². The lowest BCUT2D eigenvalue weighted by Crippen LogP contribution is -2.40. The van der Waals surface area contributed by atoms with Gasteiger partial charge in [-0.3, -0.25) is 9.36 Å². The van der Waals surface area contributed by atoms with Gasteiger partial charge >= 0.3 is 5.97 Å². The van der Waals surface area contributed by atoms with Crippen molar-refractivity contribution in [2.24, 2.45) is 4.99 Å². The van der Waals surface area contributed by atoms with Gasteiger partial charge in [0.25, 0.3) is 5.56 Å². The first-order valence-electron chi connectivity index (χ1n) is 11.1. The topological polar surface area (TPSA) is 91.2 Å². The zero-order valence-corrected chi connectivity index (χ0v) is 21.1. The van der Waals surface area contributed by atoms with E-state index < -0.39 is 12.0 Å².